The molecule has 2 rings (SSSR count). The Hall–Kier alpha value is -1.75. The van der Waals surface area contributed by atoms with E-state index in [-0.39, 0.29) is 17.7 Å². The van der Waals surface area contributed by atoms with Gasteiger partial charge in [-0.15, -0.1) is 0 Å². The maximum atomic E-state index is 12.6. The maximum absolute atomic E-state index is 12.6. The summed E-state index contributed by atoms with van der Waals surface area (Å²) in [5, 5.41) is 6.79. The third-order valence-corrected chi connectivity index (χ3v) is 4.35. The lowest BCUT2D eigenvalue weighted by Gasteiger charge is -2.22. The van der Waals surface area contributed by atoms with Crippen molar-refractivity contribution < 1.29 is 9.59 Å². The average molecular weight is 400 g/mol. The molecule has 2 amide bonds. The van der Waals surface area contributed by atoms with Crippen LogP contribution in [-0.4, -0.2) is 17.9 Å². The third-order valence-electron chi connectivity index (χ3n) is 3.53. The van der Waals surface area contributed by atoms with Crippen molar-refractivity contribution in [3.8, 4) is 0 Å². The smallest absolute Gasteiger partial charge is 0.251 e. The summed E-state index contributed by atoms with van der Waals surface area (Å²) < 4.78 is 0. The number of hydrogen-bond acceptors (Lipinski definition) is 2. The Balaban J connectivity index is 2.14. The van der Waals surface area contributed by atoms with Crippen LogP contribution in [0.5, 0.6) is 0 Å². The molecule has 0 aromatic heterocycles. The summed E-state index contributed by atoms with van der Waals surface area (Å²) in [5.74, 6) is -0.863. The van der Waals surface area contributed by atoms with Gasteiger partial charge in [-0.2, -0.15) is 0 Å². The van der Waals surface area contributed by atoms with Crippen molar-refractivity contribution in [1.29, 1.82) is 0 Å². The monoisotopic (exact) mass is 398 g/mol. The third kappa shape index (κ3) is 5.36. The molecule has 0 heterocycles. The van der Waals surface area contributed by atoms with Crippen LogP contribution in [0, 0.1) is 5.92 Å². The molecule has 0 aliphatic carbocycles. The number of carbonyl (C=O) groups excluding carboxylic acids is 2. The first-order valence-electron chi connectivity index (χ1n) is 7.60. The number of benzene rings is 2. The predicted octanol–water partition coefficient (Wildman–Crippen LogP) is 5.04. The van der Waals surface area contributed by atoms with E-state index in [0.29, 0.717) is 26.3 Å². The molecule has 7 heteroatoms. The van der Waals surface area contributed by atoms with E-state index in [1.165, 1.54) is 0 Å². The number of rotatable bonds is 5. The lowest BCUT2D eigenvalue weighted by atomic mass is 10.0. The molecule has 0 bridgehead atoms. The van der Waals surface area contributed by atoms with Crippen LogP contribution in [-0.2, 0) is 4.79 Å². The Morgan fingerprint density at radius 2 is 1.52 bits per heavy atom. The van der Waals surface area contributed by atoms with Crippen molar-refractivity contribution in [2.24, 2.45) is 5.92 Å². The molecule has 0 spiro atoms. The van der Waals surface area contributed by atoms with E-state index in [1.807, 2.05) is 13.8 Å². The highest BCUT2D eigenvalue weighted by atomic mass is 35.5. The first-order chi connectivity index (χ1) is 11.8. The molecule has 132 valence electrons. The zero-order valence-corrected chi connectivity index (χ0v) is 15.9. The second-order valence-corrected chi connectivity index (χ2v) is 7.10. The minimum atomic E-state index is -0.738. The number of halogens is 3. The van der Waals surface area contributed by atoms with Crippen LogP contribution in [0.3, 0.4) is 0 Å². The number of anilines is 1. The van der Waals surface area contributed by atoms with E-state index in [4.69, 9.17) is 34.8 Å². The molecule has 2 aromatic rings. The van der Waals surface area contributed by atoms with Gasteiger partial charge in [0.1, 0.15) is 6.04 Å². The Kier molecular flexibility index (Phi) is 6.71. The summed E-state index contributed by atoms with van der Waals surface area (Å²) in [5.41, 5.74) is 0.814. The highest BCUT2D eigenvalue weighted by Crippen LogP contribution is 2.25. The number of carbonyl (C=O) groups is 2. The van der Waals surface area contributed by atoms with Crippen LogP contribution in [0.25, 0.3) is 0 Å². The Morgan fingerprint density at radius 1 is 0.920 bits per heavy atom. The zero-order chi connectivity index (χ0) is 18.6. The van der Waals surface area contributed by atoms with Crippen molar-refractivity contribution in [1.82, 2.24) is 5.32 Å². The van der Waals surface area contributed by atoms with E-state index in [1.54, 1.807) is 42.5 Å². The number of hydrogen-bond donors (Lipinski definition) is 2. The van der Waals surface area contributed by atoms with Crippen molar-refractivity contribution in [2.75, 3.05) is 5.32 Å². The molecular weight excluding hydrogens is 383 g/mol. The van der Waals surface area contributed by atoms with Crippen LogP contribution in [0.15, 0.2) is 42.5 Å². The SMILES string of the molecule is CC(C)C(NC(=O)c1ccc(Cl)cc1)C(=O)Nc1cc(Cl)ccc1Cl. The molecule has 0 saturated heterocycles. The van der Waals surface area contributed by atoms with E-state index in [2.05, 4.69) is 10.6 Å². The van der Waals surface area contributed by atoms with Gasteiger partial charge in [-0.3, -0.25) is 9.59 Å². The Bertz CT molecular complexity index is 776. The Labute approximate surface area is 161 Å². The van der Waals surface area contributed by atoms with Gasteiger partial charge in [-0.25, -0.2) is 0 Å². The van der Waals surface area contributed by atoms with Crippen molar-refractivity contribution >= 4 is 52.3 Å². The molecule has 0 aliphatic rings. The molecule has 25 heavy (non-hydrogen) atoms. The molecule has 0 saturated carbocycles. The van der Waals surface area contributed by atoms with Gasteiger partial charge in [-0.1, -0.05) is 48.7 Å². The van der Waals surface area contributed by atoms with Gasteiger partial charge in [0.25, 0.3) is 5.91 Å². The highest BCUT2D eigenvalue weighted by molar-refractivity contribution is 6.35. The largest absolute Gasteiger partial charge is 0.340 e. The zero-order valence-electron chi connectivity index (χ0n) is 13.6. The Morgan fingerprint density at radius 3 is 2.12 bits per heavy atom. The molecule has 0 aliphatic heterocycles. The van der Waals surface area contributed by atoms with E-state index < -0.39 is 6.04 Å². The normalized spacial score (nSPS) is 11.9. The summed E-state index contributed by atoms with van der Waals surface area (Å²) in [6.07, 6.45) is 0. The molecule has 0 radical (unpaired) electrons. The molecule has 0 fully saturated rings. The average Bonchev–Trinajstić information content (AvgIpc) is 2.56. The fourth-order valence-corrected chi connectivity index (χ4v) is 2.63. The van der Waals surface area contributed by atoms with Crippen LogP contribution in [0.1, 0.15) is 24.2 Å². The summed E-state index contributed by atoms with van der Waals surface area (Å²) >= 11 is 17.8. The van der Waals surface area contributed by atoms with Crippen LogP contribution in [0.4, 0.5) is 5.69 Å². The highest BCUT2D eigenvalue weighted by Gasteiger charge is 2.25. The summed E-state index contributed by atoms with van der Waals surface area (Å²) in [4.78, 5) is 25.0. The minimum absolute atomic E-state index is 0.130. The fraction of sp³-hybridized carbons (Fsp3) is 0.222. The second kappa shape index (κ2) is 8.56. The van der Waals surface area contributed by atoms with Gasteiger partial charge in [0.15, 0.2) is 0 Å². The van der Waals surface area contributed by atoms with Crippen molar-refractivity contribution in [3.05, 3.63) is 63.1 Å². The molecule has 4 nitrogen and oxygen atoms in total. The van der Waals surface area contributed by atoms with Crippen molar-refractivity contribution in [2.45, 2.75) is 19.9 Å². The molecule has 1 unspecified atom stereocenters. The standard InChI is InChI=1S/C18H17Cl3N2O2/c1-10(2)16(23-17(24)11-3-5-12(19)6-4-11)18(25)22-15-9-13(20)7-8-14(15)21/h3-10,16H,1-2H3,(H,22,25)(H,23,24). The molecule has 2 N–H and O–H groups in total. The number of amides is 2. The van der Waals surface area contributed by atoms with Gasteiger partial charge in [0.05, 0.1) is 10.7 Å². The molecular formula is C18H17Cl3N2O2. The summed E-state index contributed by atoms with van der Waals surface area (Å²) in [6, 6.07) is 10.5. The lowest BCUT2D eigenvalue weighted by molar-refractivity contribution is -0.118. The van der Waals surface area contributed by atoms with Crippen LogP contribution >= 0.6 is 34.8 Å². The van der Waals surface area contributed by atoms with Crippen LogP contribution in [0.2, 0.25) is 15.1 Å². The quantitative estimate of drug-likeness (QED) is 0.740. The second-order valence-electron chi connectivity index (χ2n) is 5.82. The van der Waals surface area contributed by atoms with Gasteiger partial charge in [0, 0.05) is 15.6 Å². The van der Waals surface area contributed by atoms with Crippen molar-refractivity contribution in [3.63, 3.8) is 0 Å². The maximum Gasteiger partial charge on any atom is 0.251 e. The van der Waals surface area contributed by atoms with Gasteiger partial charge < -0.3 is 10.6 Å². The van der Waals surface area contributed by atoms with Gasteiger partial charge >= 0.3 is 0 Å². The first kappa shape index (κ1) is 19.6. The van der Waals surface area contributed by atoms with E-state index in [0.717, 1.165) is 0 Å². The first-order valence-corrected chi connectivity index (χ1v) is 8.73. The van der Waals surface area contributed by atoms with Gasteiger partial charge in [-0.05, 0) is 48.4 Å². The lowest BCUT2D eigenvalue weighted by Crippen LogP contribution is -2.47. The fourth-order valence-electron chi connectivity index (χ4n) is 2.16. The predicted molar refractivity (Wildman–Crippen MR) is 103 cm³/mol. The minimum Gasteiger partial charge on any atom is -0.340 e. The van der Waals surface area contributed by atoms with Crippen LogP contribution < -0.4 is 10.6 Å². The molecule has 2 aromatic carbocycles. The topological polar surface area (TPSA) is 58.2 Å². The summed E-state index contributed by atoms with van der Waals surface area (Å²) in [7, 11) is 0. The van der Waals surface area contributed by atoms with Gasteiger partial charge in [0.2, 0.25) is 5.91 Å². The van der Waals surface area contributed by atoms with E-state index >= 15 is 0 Å². The number of nitrogens with one attached hydrogen (secondary N) is 2. The van der Waals surface area contributed by atoms with E-state index in [9.17, 15) is 9.59 Å². The molecule has 1 atom stereocenters. The summed E-state index contributed by atoms with van der Waals surface area (Å²) in [6.45, 7) is 3.68.